The summed E-state index contributed by atoms with van der Waals surface area (Å²) in [6, 6.07) is 10.3. The molecule has 0 aliphatic rings. The second-order valence-corrected chi connectivity index (χ2v) is 6.32. The zero-order chi connectivity index (χ0) is 18.7. The molecule has 3 rings (SSSR count). The van der Waals surface area contributed by atoms with Crippen LogP contribution in [-0.4, -0.2) is 33.6 Å². The summed E-state index contributed by atoms with van der Waals surface area (Å²) in [6.07, 6.45) is 0.799. The van der Waals surface area contributed by atoms with E-state index in [4.69, 9.17) is 22.1 Å². The lowest BCUT2D eigenvalue weighted by Crippen LogP contribution is -2.05. The van der Waals surface area contributed by atoms with Gasteiger partial charge in [0.25, 0.3) is 0 Å². The number of nitrogens with two attached hydrogens (primary N) is 1. The molecule has 6 nitrogen and oxygen atoms in total. The van der Waals surface area contributed by atoms with Crippen LogP contribution in [0.2, 0.25) is 5.02 Å². The van der Waals surface area contributed by atoms with Crippen molar-refractivity contribution in [2.75, 3.05) is 13.2 Å². The molecule has 0 saturated carbocycles. The Bertz CT molecular complexity index is 907. The summed E-state index contributed by atoms with van der Waals surface area (Å²) in [5.41, 5.74) is 9.07. The number of nitrogens with zero attached hydrogens (tertiary/aromatic N) is 1. The van der Waals surface area contributed by atoms with E-state index < -0.39 is 0 Å². The number of benzene rings is 2. The minimum Gasteiger partial charge on any atom is -0.507 e. The lowest BCUT2D eigenvalue weighted by Gasteiger charge is -2.09. The van der Waals surface area contributed by atoms with E-state index in [0.717, 1.165) is 29.0 Å². The third kappa shape index (κ3) is 3.61. The summed E-state index contributed by atoms with van der Waals surface area (Å²) >= 11 is 6.00. The Kier molecular flexibility index (Phi) is 5.35. The first-order valence-corrected chi connectivity index (χ1v) is 8.59. The molecule has 0 aliphatic heterocycles. The number of aryl methyl sites for hydroxylation is 1. The highest BCUT2D eigenvalue weighted by atomic mass is 35.5. The van der Waals surface area contributed by atoms with E-state index in [-0.39, 0.29) is 16.5 Å². The highest BCUT2D eigenvalue weighted by Crippen LogP contribution is 2.41. The first-order valence-electron chi connectivity index (χ1n) is 8.21. The number of halogens is 1. The standard InChI is InChI=1S/C19H20ClN3O3/c1-11-18(12-3-5-13(6-4-12)26-8-2-7-21)19(23-22-11)14-9-15(20)17(25)10-16(14)24/h3-6,9-10,24-25H,2,7-8,21H2,1H3,(H,22,23). The van der Waals surface area contributed by atoms with Crippen molar-refractivity contribution in [2.45, 2.75) is 13.3 Å². The van der Waals surface area contributed by atoms with Crippen LogP contribution in [0.3, 0.4) is 0 Å². The molecule has 7 heteroatoms. The molecular formula is C19H20ClN3O3. The third-order valence-electron chi connectivity index (χ3n) is 4.03. The van der Waals surface area contributed by atoms with Gasteiger partial charge in [0.1, 0.15) is 22.9 Å². The van der Waals surface area contributed by atoms with Crippen LogP contribution >= 0.6 is 11.6 Å². The smallest absolute Gasteiger partial charge is 0.137 e. The summed E-state index contributed by atoms with van der Waals surface area (Å²) in [5.74, 6) is 0.488. The zero-order valence-electron chi connectivity index (χ0n) is 14.3. The summed E-state index contributed by atoms with van der Waals surface area (Å²) in [5, 5.41) is 27.2. The number of aromatic nitrogens is 2. The third-order valence-corrected chi connectivity index (χ3v) is 4.33. The summed E-state index contributed by atoms with van der Waals surface area (Å²) < 4.78 is 5.62. The molecule has 0 saturated heterocycles. The number of rotatable bonds is 6. The molecule has 1 heterocycles. The number of ether oxygens (including phenoxy) is 1. The molecule has 0 bridgehead atoms. The molecule has 2 aromatic carbocycles. The SMILES string of the molecule is Cc1[nH]nc(-c2cc(Cl)c(O)cc2O)c1-c1ccc(OCCCN)cc1. The molecule has 136 valence electrons. The van der Waals surface area contributed by atoms with Gasteiger partial charge in [-0.25, -0.2) is 0 Å². The Morgan fingerprint density at radius 2 is 1.88 bits per heavy atom. The molecule has 0 amide bonds. The fourth-order valence-corrected chi connectivity index (χ4v) is 2.87. The Hall–Kier alpha value is -2.70. The van der Waals surface area contributed by atoms with Gasteiger partial charge in [-0.3, -0.25) is 5.10 Å². The van der Waals surface area contributed by atoms with Crippen LogP contribution in [0, 0.1) is 6.92 Å². The van der Waals surface area contributed by atoms with Gasteiger partial charge in [-0.15, -0.1) is 0 Å². The van der Waals surface area contributed by atoms with Gasteiger partial charge in [0.15, 0.2) is 0 Å². The van der Waals surface area contributed by atoms with Crippen molar-refractivity contribution in [1.29, 1.82) is 0 Å². The number of hydrogen-bond donors (Lipinski definition) is 4. The van der Waals surface area contributed by atoms with Crippen LogP contribution < -0.4 is 10.5 Å². The van der Waals surface area contributed by atoms with Gasteiger partial charge < -0.3 is 20.7 Å². The number of nitrogens with one attached hydrogen (secondary N) is 1. The maximum atomic E-state index is 10.2. The van der Waals surface area contributed by atoms with Crippen molar-refractivity contribution in [3.05, 3.63) is 47.1 Å². The first-order chi connectivity index (χ1) is 12.5. The monoisotopic (exact) mass is 373 g/mol. The minimum atomic E-state index is -0.180. The van der Waals surface area contributed by atoms with Gasteiger partial charge >= 0.3 is 0 Å². The lowest BCUT2D eigenvalue weighted by atomic mass is 9.98. The van der Waals surface area contributed by atoms with E-state index >= 15 is 0 Å². The molecule has 0 fully saturated rings. The topological polar surface area (TPSA) is 104 Å². The number of phenols is 2. The minimum absolute atomic E-state index is 0.0959. The largest absolute Gasteiger partial charge is 0.507 e. The maximum Gasteiger partial charge on any atom is 0.137 e. The average Bonchev–Trinajstić information content (AvgIpc) is 3.00. The predicted molar refractivity (Wildman–Crippen MR) is 102 cm³/mol. The Morgan fingerprint density at radius 1 is 1.15 bits per heavy atom. The summed E-state index contributed by atoms with van der Waals surface area (Å²) in [7, 11) is 0. The van der Waals surface area contributed by atoms with Crippen LogP contribution in [0.4, 0.5) is 0 Å². The number of aromatic hydroxyl groups is 2. The fourth-order valence-electron chi connectivity index (χ4n) is 2.71. The second-order valence-electron chi connectivity index (χ2n) is 5.91. The fraction of sp³-hybridized carbons (Fsp3) is 0.211. The molecule has 0 radical (unpaired) electrons. The molecule has 3 aromatic rings. The predicted octanol–water partition coefficient (Wildman–Crippen LogP) is 3.84. The molecule has 1 aromatic heterocycles. The summed E-state index contributed by atoms with van der Waals surface area (Å²) in [6.45, 7) is 3.07. The van der Waals surface area contributed by atoms with Crippen LogP contribution in [0.15, 0.2) is 36.4 Å². The Morgan fingerprint density at radius 3 is 2.58 bits per heavy atom. The van der Waals surface area contributed by atoms with Gasteiger partial charge in [-0.1, -0.05) is 23.7 Å². The van der Waals surface area contributed by atoms with E-state index in [1.165, 1.54) is 12.1 Å². The Labute approximate surface area is 156 Å². The zero-order valence-corrected chi connectivity index (χ0v) is 15.0. The number of aromatic amines is 1. The van der Waals surface area contributed by atoms with Crippen molar-refractivity contribution in [2.24, 2.45) is 5.73 Å². The van der Waals surface area contributed by atoms with Gasteiger partial charge in [0, 0.05) is 22.9 Å². The quantitative estimate of drug-likeness (QED) is 0.491. The van der Waals surface area contributed by atoms with Crippen LogP contribution in [0.1, 0.15) is 12.1 Å². The lowest BCUT2D eigenvalue weighted by molar-refractivity contribution is 0.313. The van der Waals surface area contributed by atoms with Crippen LogP contribution in [0.5, 0.6) is 17.2 Å². The normalized spacial score (nSPS) is 10.9. The first kappa shape index (κ1) is 18.1. The van der Waals surface area contributed by atoms with Crippen molar-refractivity contribution in [3.63, 3.8) is 0 Å². The molecule has 0 unspecified atom stereocenters. The molecule has 0 aliphatic carbocycles. The van der Waals surface area contributed by atoms with Gasteiger partial charge in [-0.05, 0) is 43.7 Å². The van der Waals surface area contributed by atoms with Crippen LogP contribution in [-0.2, 0) is 0 Å². The molecule has 26 heavy (non-hydrogen) atoms. The second kappa shape index (κ2) is 7.68. The van der Waals surface area contributed by atoms with E-state index in [9.17, 15) is 10.2 Å². The summed E-state index contributed by atoms with van der Waals surface area (Å²) in [4.78, 5) is 0. The molecule has 5 N–H and O–H groups in total. The molecule has 0 spiro atoms. The Balaban J connectivity index is 1.97. The maximum absolute atomic E-state index is 10.2. The molecule has 0 atom stereocenters. The number of hydrogen-bond acceptors (Lipinski definition) is 5. The van der Waals surface area contributed by atoms with E-state index in [0.29, 0.717) is 24.4 Å². The highest BCUT2D eigenvalue weighted by molar-refractivity contribution is 6.32. The number of H-pyrrole nitrogens is 1. The molecular weight excluding hydrogens is 354 g/mol. The van der Waals surface area contributed by atoms with Crippen molar-refractivity contribution in [1.82, 2.24) is 10.2 Å². The van der Waals surface area contributed by atoms with E-state index in [1.54, 1.807) is 0 Å². The van der Waals surface area contributed by atoms with Crippen molar-refractivity contribution < 1.29 is 14.9 Å². The van der Waals surface area contributed by atoms with Crippen LogP contribution in [0.25, 0.3) is 22.4 Å². The van der Waals surface area contributed by atoms with E-state index in [2.05, 4.69) is 10.2 Å². The van der Waals surface area contributed by atoms with Crippen molar-refractivity contribution in [3.8, 4) is 39.6 Å². The van der Waals surface area contributed by atoms with Gasteiger partial charge in [-0.2, -0.15) is 5.10 Å². The van der Waals surface area contributed by atoms with Gasteiger partial charge in [0.2, 0.25) is 0 Å². The van der Waals surface area contributed by atoms with Gasteiger partial charge in [0.05, 0.1) is 11.6 Å². The van der Waals surface area contributed by atoms with Crippen molar-refractivity contribution >= 4 is 11.6 Å². The number of phenolic OH excluding ortho intramolecular Hbond substituents is 2. The highest BCUT2D eigenvalue weighted by Gasteiger charge is 2.19. The van der Waals surface area contributed by atoms with E-state index in [1.807, 2.05) is 31.2 Å². The average molecular weight is 374 g/mol.